The minimum Gasteiger partial charge on any atom is -0.248 e. The van der Waals surface area contributed by atoms with Gasteiger partial charge in [-0.05, 0) is 5.56 Å². The second kappa shape index (κ2) is 5.33. The monoisotopic (exact) mass is 272 g/mol. The van der Waals surface area contributed by atoms with Crippen LogP contribution in [-0.2, 0) is 0 Å². The Morgan fingerprint density at radius 3 is 2.59 bits per heavy atom. The molecule has 0 fully saturated rings. The number of benzene rings is 1. The lowest BCUT2D eigenvalue weighted by molar-refractivity contribution is 0.265. The third-order valence-electron chi connectivity index (χ3n) is 2.55. The fourth-order valence-electron chi connectivity index (χ4n) is 1.65. The van der Waals surface area contributed by atoms with Gasteiger partial charge in [-0.1, -0.05) is 35.5 Å². The molecule has 0 aromatic heterocycles. The highest BCUT2D eigenvalue weighted by Gasteiger charge is 2.30. The quantitative estimate of drug-likeness (QED) is 0.625. The molecule has 1 aromatic carbocycles. The maximum Gasteiger partial charge on any atom is 0.154 e. The first-order chi connectivity index (χ1) is 8.22. The predicted molar refractivity (Wildman–Crippen MR) is 67.3 cm³/mol. The number of rotatable bonds is 4. The summed E-state index contributed by atoms with van der Waals surface area (Å²) in [6, 6.07) is 8.79. The molecule has 0 saturated heterocycles. The molecule has 5 nitrogen and oxygen atoms in total. The molecule has 7 heteroatoms. The van der Waals surface area contributed by atoms with Gasteiger partial charge in [-0.25, -0.2) is 4.42 Å². The van der Waals surface area contributed by atoms with Crippen LogP contribution in [0.2, 0.25) is 0 Å². The van der Waals surface area contributed by atoms with E-state index in [9.17, 15) is 4.91 Å². The Morgan fingerprint density at radius 2 is 2.06 bits per heavy atom. The molecule has 90 valence electrons. The van der Waals surface area contributed by atoms with E-state index >= 15 is 0 Å². The van der Waals surface area contributed by atoms with E-state index in [1.807, 2.05) is 30.3 Å². The maximum absolute atomic E-state index is 10.9. The molecule has 0 spiro atoms. The van der Waals surface area contributed by atoms with Gasteiger partial charge in [0.05, 0.1) is 0 Å². The van der Waals surface area contributed by atoms with Crippen LogP contribution in [0.15, 0.2) is 40.6 Å². The summed E-state index contributed by atoms with van der Waals surface area (Å²) in [5.74, 6) is 0. The van der Waals surface area contributed by atoms with Crippen molar-refractivity contribution in [2.24, 2.45) is 10.3 Å². The predicted octanol–water partition coefficient (Wildman–Crippen LogP) is 3.08. The summed E-state index contributed by atoms with van der Waals surface area (Å²) in [5.41, 5.74) is 0.838. The van der Waals surface area contributed by atoms with Crippen LogP contribution in [0.4, 0.5) is 0 Å². The van der Waals surface area contributed by atoms with Crippen LogP contribution in [0.1, 0.15) is 18.0 Å². The van der Waals surface area contributed by atoms with Crippen LogP contribution < -0.4 is 0 Å². The van der Waals surface area contributed by atoms with Gasteiger partial charge in [0, 0.05) is 30.0 Å². The second-order valence-electron chi connectivity index (χ2n) is 3.61. The van der Waals surface area contributed by atoms with Crippen molar-refractivity contribution in [2.75, 3.05) is 0 Å². The van der Waals surface area contributed by atoms with E-state index in [2.05, 4.69) is 10.3 Å². The SMILES string of the molecule is O=NC(CC1N(Cl)C=NN1Cl)c1ccccc1. The van der Waals surface area contributed by atoms with Gasteiger partial charge in [0.1, 0.15) is 12.4 Å². The molecule has 0 saturated carbocycles. The Morgan fingerprint density at radius 1 is 1.35 bits per heavy atom. The van der Waals surface area contributed by atoms with Crippen molar-refractivity contribution in [3.05, 3.63) is 40.8 Å². The van der Waals surface area contributed by atoms with Gasteiger partial charge in [0.15, 0.2) is 6.17 Å². The van der Waals surface area contributed by atoms with E-state index in [-0.39, 0.29) is 6.17 Å². The van der Waals surface area contributed by atoms with Crippen molar-refractivity contribution >= 4 is 29.9 Å². The summed E-state index contributed by atoms with van der Waals surface area (Å²) in [6.45, 7) is 0. The van der Waals surface area contributed by atoms with E-state index in [4.69, 9.17) is 23.6 Å². The summed E-state index contributed by atoms with van der Waals surface area (Å²) < 4.78 is 2.52. The molecule has 1 aliphatic rings. The Kier molecular flexibility index (Phi) is 3.81. The van der Waals surface area contributed by atoms with Crippen LogP contribution in [0, 0.1) is 4.91 Å². The summed E-state index contributed by atoms with van der Waals surface area (Å²) in [5, 5.41) is 6.92. The fraction of sp³-hybridized carbons (Fsp3) is 0.300. The number of nitroso groups, excluding NO2 is 1. The van der Waals surface area contributed by atoms with Gasteiger partial charge >= 0.3 is 0 Å². The third kappa shape index (κ3) is 2.68. The lowest BCUT2D eigenvalue weighted by Crippen LogP contribution is -2.30. The molecule has 0 radical (unpaired) electrons. The fourth-order valence-corrected chi connectivity index (χ4v) is 2.10. The van der Waals surface area contributed by atoms with E-state index in [0.29, 0.717) is 6.42 Å². The van der Waals surface area contributed by atoms with Crippen LogP contribution >= 0.6 is 23.6 Å². The molecular weight excluding hydrogens is 263 g/mol. The first-order valence-electron chi connectivity index (χ1n) is 5.03. The minimum absolute atomic E-state index is 0.374. The lowest BCUT2D eigenvalue weighted by Gasteiger charge is -2.22. The molecular formula is C10H10Cl2N4O. The average Bonchev–Trinajstić information content (AvgIpc) is 2.68. The summed E-state index contributed by atoms with van der Waals surface area (Å²) in [7, 11) is 0. The Bertz CT molecular complexity index is 402. The normalized spacial score (nSPS) is 20.7. The smallest absolute Gasteiger partial charge is 0.154 e. The summed E-state index contributed by atoms with van der Waals surface area (Å²) in [4.78, 5) is 10.9. The molecule has 1 aliphatic heterocycles. The van der Waals surface area contributed by atoms with Crippen molar-refractivity contribution in [1.82, 2.24) is 8.95 Å². The van der Waals surface area contributed by atoms with Crippen LogP contribution in [0.25, 0.3) is 0 Å². The number of hydrogen-bond acceptors (Lipinski definition) is 5. The number of hydrogen-bond donors (Lipinski definition) is 0. The average molecular weight is 273 g/mol. The molecule has 17 heavy (non-hydrogen) atoms. The largest absolute Gasteiger partial charge is 0.248 e. The second-order valence-corrected chi connectivity index (χ2v) is 4.35. The van der Waals surface area contributed by atoms with Gasteiger partial charge < -0.3 is 0 Å². The molecule has 0 bridgehead atoms. The molecule has 2 rings (SSSR count). The zero-order chi connectivity index (χ0) is 12.3. The van der Waals surface area contributed by atoms with E-state index in [1.165, 1.54) is 15.3 Å². The number of halogens is 2. The highest BCUT2D eigenvalue weighted by molar-refractivity contribution is 6.21. The van der Waals surface area contributed by atoms with E-state index in [0.717, 1.165) is 5.56 Å². The lowest BCUT2D eigenvalue weighted by atomic mass is 10.0. The van der Waals surface area contributed by atoms with Crippen LogP contribution in [-0.4, -0.2) is 21.5 Å². The first-order valence-corrected chi connectivity index (χ1v) is 5.70. The minimum atomic E-state index is -0.495. The van der Waals surface area contributed by atoms with Crippen molar-refractivity contribution in [3.8, 4) is 0 Å². The van der Waals surface area contributed by atoms with Crippen molar-refractivity contribution in [3.63, 3.8) is 0 Å². The van der Waals surface area contributed by atoms with E-state index < -0.39 is 6.04 Å². The van der Waals surface area contributed by atoms with Gasteiger partial charge in [-0.3, -0.25) is 0 Å². The molecule has 2 unspecified atom stereocenters. The third-order valence-corrected chi connectivity index (χ3v) is 3.17. The topological polar surface area (TPSA) is 48.3 Å². The number of nitrogens with zero attached hydrogens (tertiary/aromatic N) is 4. The van der Waals surface area contributed by atoms with Gasteiger partial charge in [0.2, 0.25) is 0 Å². The highest BCUT2D eigenvalue weighted by Crippen LogP contribution is 2.29. The van der Waals surface area contributed by atoms with E-state index in [1.54, 1.807) is 0 Å². The van der Waals surface area contributed by atoms with Crippen LogP contribution in [0.3, 0.4) is 0 Å². The van der Waals surface area contributed by atoms with Gasteiger partial charge in [-0.15, -0.1) is 5.10 Å². The van der Waals surface area contributed by atoms with Crippen molar-refractivity contribution in [2.45, 2.75) is 18.6 Å². The zero-order valence-electron chi connectivity index (χ0n) is 8.78. The Hall–Kier alpha value is -1.33. The maximum atomic E-state index is 10.9. The highest BCUT2D eigenvalue weighted by atomic mass is 35.5. The standard InChI is InChI=1S/C10H10Cl2N4O/c11-15-7-13-16(12)10(15)6-9(14-17)8-4-2-1-3-5-8/h1-5,7,9-10H,6H2. The molecule has 1 heterocycles. The van der Waals surface area contributed by atoms with Crippen molar-refractivity contribution < 1.29 is 0 Å². The first kappa shape index (κ1) is 12.1. The Balaban J connectivity index is 2.09. The number of hydrazone groups is 1. The summed E-state index contributed by atoms with van der Waals surface area (Å²) in [6.07, 6.45) is 1.40. The zero-order valence-corrected chi connectivity index (χ0v) is 10.3. The van der Waals surface area contributed by atoms with Crippen molar-refractivity contribution in [1.29, 1.82) is 0 Å². The molecule has 1 aromatic rings. The summed E-state index contributed by atoms with van der Waals surface area (Å²) >= 11 is 11.7. The molecule has 2 atom stereocenters. The molecule has 0 amide bonds. The Labute approximate surface area is 109 Å². The molecule has 0 aliphatic carbocycles. The molecule has 0 N–H and O–H groups in total. The van der Waals surface area contributed by atoms with Gasteiger partial charge in [0.25, 0.3) is 0 Å². The van der Waals surface area contributed by atoms with Gasteiger partial charge in [-0.2, -0.15) is 9.44 Å². The van der Waals surface area contributed by atoms with Crippen LogP contribution in [0.5, 0.6) is 0 Å².